The lowest BCUT2D eigenvalue weighted by Gasteiger charge is -2.19. The van der Waals surface area contributed by atoms with Crippen molar-refractivity contribution in [2.24, 2.45) is 0 Å². The first kappa shape index (κ1) is 19.8. The lowest BCUT2D eigenvalue weighted by atomic mass is 10.1. The van der Waals surface area contributed by atoms with Crippen LogP contribution < -0.4 is 15.5 Å². The Hall–Kier alpha value is -3.53. The first-order chi connectivity index (χ1) is 14.6. The Bertz CT molecular complexity index is 1180. The molecule has 30 heavy (non-hydrogen) atoms. The molecule has 0 aliphatic rings. The van der Waals surface area contributed by atoms with Crippen LogP contribution in [0.3, 0.4) is 0 Å². The van der Waals surface area contributed by atoms with Gasteiger partial charge in [0.1, 0.15) is 22.8 Å². The molecule has 4 rings (SSSR count). The Labute approximate surface area is 177 Å². The number of fused-ring (bicyclic) bond motifs is 1. The van der Waals surface area contributed by atoms with Gasteiger partial charge in [0.25, 0.3) is 5.91 Å². The molecule has 0 fully saturated rings. The molecule has 4 aromatic rings. The fraction of sp³-hybridized carbons (Fsp3) is 0.250. The molecule has 0 spiro atoms. The van der Waals surface area contributed by atoms with E-state index in [-0.39, 0.29) is 5.91 Å². The molecule has 0 aliphatic carbocycles. The zero-order chi connectivity index (χ0) is 21.1. The highest BCUT2D eigenvalue weighted by molar-refractivity contribution is 7.17. The number of benzene rings is 1. The summed E-state index contributed by atoms with van der Waals surface area (Å²) in [6.07, 6.45) is 4.78. The molecule has 1 aromatic carbocycles. The zero-order valence-electron chi connectivity index (χ0n) is 16.9. The number of carbonyl (C=O) groups is 1. The number of hydrogen-bond acceptors (Lipinski definition) is 8. The predicted octanol–water partition coefficient (Wildman–Crippen LogP) is 3.96. The van der Waals surface area contributed by atoms with Crippen molar-refractivity contribution in [2.75, 3.05) is 28.6 Å². The van der Waals surface area contributed by atoms with Gasteiger partial charge in [-0.05, 0) is 32.4 Å². The zero-order valence-corrected chi connectivity index (χ0v) is 17.7. The number of anilines is 4. The van der Waals surface area contributed by atoms with Crippen molar-refractivity contribution < 1.29 is 4.79 Å². The summed E-state index contributed by atoms with van der Waals surface area (Å²) in [7, 11) is 0. The van der Waals surface area contributed by atoms with Crippen LogP contribution in [0.1, 0.15) is 29.1 Å². The Morgan fingerprint density at radius 3 is 2.80 bits per heavy atom. The van der Waals surface area contributed by atoms with Gasteiger partial charge in [-0.3, -0.25) is 9.89 Å². The Balaban J connectivity index is 1.50. The number of aromatic amines is 1. The number of aromatic nitrogens is 5. The van der Waals surface area contributed by atoms with E-state index < -0.39 is 0 Å². The summed E-state index contributed by atoms with van der Waals surface area (Å²) >= 11 is 1.26. The van der Waals surface area contributed by atoms with E-state index in [0.717, 1.165) is 41.1 Å². The van der Waals surface area contributed by atoms with E-state index in [1.54, 1.807) is 12.4 Å². The van der Waals surface area contributed by atoms with Crippen molar-refractivity contribution in [2.45, 2.75) is 20.8 Å². The number of rotatable bonds is 7. The van der Waals surface area contributed by atoms with E-state index >= 15 is 0 Å². The number of thiazole rings is 1. The van der Waals surface area contributed by atoms with Gasteiger partial charge in [-0.1, -0.05) is 17.4 Å². The number of aryl methyl sites for hydroxylation is 1. The minimum Gasteiger partial charge on any atom is -0.357 e. The number of H-pyrrole nitrogens is 1. The molecule has 0 radical (unpaired) electrons. The Morgan fingerprint density at radius 2 is 2.00 bits per heavy atom. The third kappa shape index (κ3) is 3.94. The topological polar surface area (TPSA) is 112 Å². The molecule has 0 saturated heterocycles. The molecule has 10 heteroatoms. The average Bonchev–Trinajstić information content (AvgIpc) is 3.41. The number of hydrogen-bond donors (Lipinski definition) is 3. The van der Waals surface area contributed by atoms with E-state index in [1.165, 1.54) is 17.7 Å². The van der Waals surface area contributed by atoms with E-state index in [4.69, 9.17) is 0 Å². The summed E-state index contributed by atoms with van der Waals surface area (Å²) in [6.45, 7) is 7.82. The van der Waals surface area contributed by atoms with Gasteiger partial charge >= 0.3 is 0 Å². The SMILES string of the molecule is CCN(CC)c1cc(Nc2ncc(C(=O)Nc3c(C)ccc4[nH]ncc34)s2)ncn1. The number of nitrogens with one attached hydrogen (secondary N) is 3. The Kier molecular flexibility index (Phi) is 5.57. The van der Waals surface area contributed by atoms with Crippen LogP contribution in [-0.2, 0) is 0 Å². The van der Waals surface area contributed by atoms with Gasteiger partial charge in [-0.15, -0.1) is 0 Å². The lowest BCUT2D eigenvalue weighted by Crippen LogP contribution is -2.23. The van der Waals surface area contributed by atoms with Crippen LogP contribution in [0.15, 0.2) is 36.9 Å². The molecule has 0 unspecified atom stereocenters. The predicted molar refractivity (Wildman–Crippen MR) is 120 cm³/mol. The second-order valence-electron chi connectivity index (χ2n) is 6.63. The molecule has 9 nitrogen and oxygen atoms in total. The van der Waals surface area contributed by atoms with Crippen LogP contribution in [-0.4, -0.2) is 44.1 Å². The van der Waals surface area contributed by atoms with E-state index in [9.17, 15) is 4.79 Å². The standard InChI is InChI=1S/C20H22N8OS/c1-4-28(5-2)17-8-16(22-11-23-17)25-20-21-10-15(30-20)19(29)26-18-12(3)6-7-14-13(18)9-24-27-14/h6-11H,4-5H2,1-3H3,(H,24,27)(H,26,29)(H,21,22,23,25). The monoisotopic (exact) mass is 422 g/mol. The molecule has 3 aromatic heterocycles. The molecule has 0 aliphatic heterocycles. The second-order valence-corrected chi connectivity index (χ2v) is 7.66. The molecular weight excluding hydrogens is 400 g/mol. The van der Waals surface area contributed by atoms with Gasteiger partial charge < -0.3 is 15.5 Å². The van der Waals surface area contributed by atoms with Crippen molar-refractivity contribution >= 4 is 50.6 Å². The molecule has 1 amide bonds. The maximum atomic E-state index is 12.8. The summed E-state index contributed by atoms with van der Waals surface area (Å²) < 4.78 is 0. The summed E-state index contributed by atoms with van der Waals surface area (Å²) in [5.74, 6) is 1.26. The highest BCUT2D eigenvalue weighted by atomic mass is 32.1. The normalized spacial score (nSPS) is 10.9. The highest BCUT2D eigenvalue weighted by Crippen LogP contribution is 2.28. The van der Waals surface area contributed by atoms with E-state index in [0.29, 0.717) is 15.8 Å². The van der Waals surface area contributed by atoms with E-state index in [1.807, 2.05) is 25.1 Å². The summed E-state index contributed by atoms with van der Waals surface area (Å²) in [5.41, 5.74) is 2.58. The van der Waals surface area contributed by atoms with Gasteiger partial charge in [-0.2, -0.15) is 5.10 Å². The first-order valence-electron chi connectivity index (χ1n) is 9.63. The Morgan fingerprint density at radius 1 is 1.17 bits per heavy atom. The fourth-order valence-electron chi connectivity index (χ4n) is 3.15. The van der Waals surface area contributed by atoms with Crippen molar-refractivity contribution in [1.82, 2.24) is 25.1 Å². The second kappa shape index (κ2) is 8.46. The molecular formula is C20H22N8OS. The molecule has 3 heterocycles. The van der Waals surface area contributed by atoms with Gasteiger partial charge in [0.15, 0.2) is 5.13 Å². The molecule has 3 N–H and O–H groups in total. The molecule has 0 atom stereocenters. The van der Waals surface area contributed by atoms with Crippen LogP contribution in [0.5, 0.6) is 0 Å². The van der Waals surface area contributed by atoms with Crippen molar-refractivity contribution in [3.05, 3.63) is 47.4 Å². The first-order valence-corrected chi connectivity index (χ1v) is 10.4. The fourth-order valence-corrected chi connectivity index (χ4v) is 3.87. The van der Waals surface area contributed by atoms with Crippen LogP contribution in [0, 0.1) is 6.92 Å². The van der Waals surface area contributed by atoms with Crippen LogP contribution in [0.4, 0.5) is 22.5 Å². The number of nitrogens with zero attached hydrogens (tertiary/aromatic N) is 5. The van der Waals surface area contributed by atoms with Crippen molar-refractivity contribution in [3.63, 3.8) is 0 Å². The minimum absolute atomic E-state index is 0.219. The largest absolute Gasteiger partial charge is 0.357 e. The van der Waals surface area contributed by atoms with Gasteiger partial charge in [0, 0.05) is 24.5 Å². The van der Waals surface area contributed by atoms with Crippen LogP contribution in [0.25, 0.3) is 10.9 Å². The number of amides is 1. The van der Waals surface area contributed by atoms with Crippen LogP contribution in [0.2, 0.25) is 0 Å². The van der Waals surface area contributed by atoms with Gasteiger partial charge in [-0.25, -0.2) is 15.0 Å². The maximum absolute atomic E-state index is 12.8. The van der Waals surface area contributed by atoms with Gasteiger partial charge in [0.05, 0.1) is 23.6 Å². The molecule has 0 bridgehead atoms. The molecule has 0 saturated carbocycles. The maximum Gasteiger partial charge on any atom is 0.267 e. The minimum atomic E-state index is -0.219. The van der Waals surface area contributed by atoms with Crippen molar-refractivity contribution in [1.29, 1.82) is 0 Å². The summed E-state index contributed by atoms with van der Waals surface area (Å²) in [5, 5.41) is 14.6. The smallest absolute Gasteiger partial charge is 0.267 e. The average molecular weight is 423 g/mol. The van der Waals surface area contributed by atoms with E-state index in [2.05, 4.69) is 54.5 Å². The van der Waals surface area contributed by atoms with Gasteiger partial charge in [0.2, 0.25) is 0 Å². The lowest BCUT2D eigenvalue weighted by molar-refractivity contribution is 0.103. The third-order valence-corrected chi connectivity index (χ3v) is 5.69. The third-order valence-electron chi connectivity index (χ3n) is 4.78. The van der Waals surface area contributed by atoms with Crippen molar-refractivity contribution in [3.8, 4) is 0 Å². The highest BCUT2D eigenvalue weighted by Gasteiger charge is 2.15. The summed E-state index contributed by atoms with van der Waals surface area (Å²) in [4.78, 5) is 28.3. The molecule has 154 valence electrons. The van der Waals surface area contributed by atoms with Crippen LogP contribution >= 0.6 is 11.3 Å². The summed E-state index contributed by atoms with van der Waals surface area (Å²) in [6, 6.07) is 5.76. The quantitative estimate of drug-likeness (QED) is 0.413. The number of carbonyl (C=O) groups excluding carboxylic acids is 1.